The number of aromatic nitrogens is 2. The molecular weight excluding hydrogens is 431 g/mol. The van der Waals surface area contributed by atoms with Gasteiger partial charge in [0.15, 0.2) is 5.82 Å². The number of nitrogens with two attached hydrogens (primary N) is 1. The van der Waals surface area contributed by atoms with Gasteiger partial charge in [0.2, 0.25) is 5.91 Å². The Labute approximate surface area is 185 Å². The zero-order chi connectivity index (χ0) is 19.7. The lowest BCUT2D eigenvalue weighted by Gasteiger charge is -2.26. The van der Waals surface area contributed by atoms with Gasteiger partial charge in [-0.25, -0.2) is 0 Å². The third kappa shape index (κ3) is 4.53. The number of nitrogens with zero attached hydrogens (tertiary/aromatic N) is 1. The number of hydrogen-bond donors (Lipinski definition) is 3. The lowest BCUT2D eigenvalue weighted by Crippen LogP contribution is -2.29. The summed E-state index contributed by atoms with van der Waals surface area (Å²) in [5.41, 5.74) is 8.24. The van der Waals surface area contributed by atoms with Gasteiger partial charge in [-0.3, -0.25) is 9.89 Å². The van der Waals surface area contributed by atoms with Crippen LogP contribution in [-0.4, -0.2) is 22.6 Å². The molecule has 0 saturated heterocycles. The van der Waals surface area contributed by atoms with Crippen molar-refractivity contribution in [3.05, 3.63) is 46.4 Å². The van der Waals surface area contributed by atoms with Crippen molar-refractivity contribution in [1.29, 1.82) is 0 Å². The standard InChI is InChI=1S/C21H22Cl2N4O.ClH/c22-16-2-1-3-17(23)19(16)14-8-9-18-15(10-14)20(27-26-18)25-21(28)13-6-4-12(11-24)5-7-13;/h1-3,8-10,12-13H,4-7,11,24H2,(H2,25,26,27,28);1H/t12-,13-;. The number of H-pyrrole nitrogens is 1. The Morgan fingerprint density at radius 3 is 2.48 bits per heavy atom. The van der Waals surface area contributed by atoms with Gasteiger partial charge in [-0.15, -0.1) is 12.4 Å². The predicted octanol–water partition coefficient (Wildman–Crippen LogP) is 5.66. The molecule has 0 aliphatic heterocycles. The largest absolute Gasteiger partial charge is 0.330 e. The molecule has 0 radical (unpaired) electrons. The van der Waals surface area contributed by atoms with Gasteiger partial charge in [-0.2, -0.15) is 5.10 Å². The number of halogens is 3. The van der Waals surface area contributed by atoms with Crippen LogP contribution in [0.15, 0.2) is 36.4 Å². The number of fused-ring (bicyclic) bond motifs is 1. The monoisotopic (exact) mass is 452 g/mol. The number of aromatic amines is 1. The molecule has 5 nitrogen and oxygen atoms in total. The van der Waals surface area contributed by atoms with E-state index in [1.807, 2.05) is 36.4 Å². The highest BCUT2D eigenvalue weighted by Gasteiger charge is 2.26. The van der Waals surface area contributed by atoms with E-state index in [1.54, 1.807) is 0 Å². The molecule has 3 aromatic rings. The highest BCUT2D eigenvalue weighted by Crippen LogP contribution is 2.37. The van der Waals surface area contributed by atoms with Crippen LogP contribution >= 0.6 is 35.6 Å². The number of hydrogen-bond acceptors (Lipinski definition) is 3. The van der Waals surface area contributed by atoms with E-state index in [0.29, 0.717) is 28.3 Å². The van der Waals surface area contributed by atoms with E-state index in [9.17, 15) is 4.79 Å². The highest BCUT2D eigenvalue weighted by atomic mass is 35.5. The Hall–Kier alpha value is -1.79. The molecule has 1 heterocycles. The second-order valence-corrected chi connectivity index (χ2v) is 8.19. The summed E-state index contributed by atoms with van der Waals surface area (Å²) >= 11 is 12.7. The minimum absolute atomic E-state index is 0. The second-order valence-electron chi connectivity index (χ2n) is 7.37. The molecule has 1 aliphatic carbocycles. The number of anilines is 1. The van der Waals surface area contributed by atoms with Crippen molar-refractivity contribution < 1.29 is 4.79 Å². The second kappa shape index (κ2) is 9.35. The van der Waals surface area contributed by atoms with Gasteiger partial charge in [0.1, 0.15) is 0 Å². The Morgan fingerprint density at radius 1 is 1.14 bits per heavy atom. The van der Waals surface area contributed by atoms with E-state index in [1.165, 1.54) is 0 Å². The van der Waals surface area contributed by atoms with Crippen molar-refractivity contribution in [3.63, 3.8) is 0 Å². The van der Waals surface area contributed by atoms with Crippen molar-refractivity contribution in [3.8, 4) is 11.1 Å². The molecule has 0 unspecified atom stereocenters. The van der Waals surface area contributed by atoms with E-state index in [4.69, 9.17) is 28.9 Å². The Balaban J connectivity index is 0.00000240. The number of amides is 1. The lowest BCUT2D eigenvalue weighted by atomic mass is 9.81. The molecule has 29 heavy (non-hydrogen) atoms. The smallest absolute Gasteiger partial charge is 0.228 e. The molecule has 0 bridgehead atoms. The summed E-state index contributed by atoms with van der Waals surface area (Å²) in [6.45, 7) is 0.700. The van der Waals surface area contributed by atoms with Crippen LogP contribution in [0.1, 0.15) is 25.7 Å². The van der Waals surface area contributed by atoms with Crippen LogP contribution in [0.2, 0.25) is 10.0 Å². The van der Waals surface area contributed by atoms with Crippen LogP contribution in [0.3, 0.4) is 0 Å². The fourth-order valence-electron chi connectivity index (χ4n) is 3.92. The first-order chi connectivity index (χ1) is 13.6. The zero-order valence-corrected chi connectivity index (χ0v) is 18.1. The van der Waals surface area contributed by atoms with Crippen LogP contribution in [0, 0.1) is 11.8 Å². The first-order valence-corrected chi connectivity index (χ1v) is 10.3. The molecule has 0 atom stereocenters. The average molecular weight is 454 g/mol. The molecule has 1 saturated carbocycles. The van der Waals surface area contributed by atoms with E-state index in [0.717, 1.165) is 47.7 Å². The molecule has 4 rings (SSSR count). The number of carbonyl (C=O) groups excluding carboxylic acids is 1. The topological polar surface area (TPSA) is 83.8 Å². The molecule has 8 heteroatoms. The van der Waals surface area contributed by atoms with Crippen LogP contribution < -0.4 is 11.1 Å². The van der Waals surface area contributed by atoms with Crippen LogP contribution in [0.5, 0.6) is 0 Å². The first kappa shape index (κ1) is 21.9. The Morgan fingerprint density at radius 2 is 1.83 bits per heavy atom. The third-order valence-corrected chi connectivity index (χ3v) is 6.24. The SMILES string of the molecule is Cl.NC[C@H]1CC[C@H](C(=O)Nc2n[nH]c3ccc(-c4c(Cl)cccc4Cl)cc23)CC1. The van der Waals surface area contributed by atoms with E-state index in [-0.39, 0.29) is 24.2 Å². The molecule has 0 spiro atoms. The number of carbonyl (C=O) groups is 1. The van der Waals surface area contributed by atoms with Crippen molar-refractivity contribution in [2.45, 2.75) is 25.7 Å². The quantitative estimate of drug-likeness (QED) is 0.476. The number of nitrogens with one attached hydrogen (secondary N) is 2. The minimum atomic E-state index is 0. The van der Waals surface area contributed by atoms with Gasteiger partial charge < -0.3 is 11.1 Å². The number of benzene rings is 2. The van der Waals surface area contributed by atoms with Crippen molar-refractivity contribution in [2.24, 2.45) is 17.6 Å². The Kier molecular flexibility index (Phi) is 7.06. The molecule has 1 amide bonds. The highest BCUT2D eigenvalue weighted by molar-refractivity contribution is 6.39. The molecule has 1 aromatic heterocycles. The molecule has 154 valence electrons. The van der Waals surface area contributed by atoms with Gasteiger partial charge in [0.05, 0.1) is 5.52 Å². The van der Waals surface area contributed by atoms with Gasteiger partial charge in [0.25, 0.3) is 0 Å². The van der Waals surface area contributed by atoms with Crippen LogP contribution in [0.25, 0.3) is 22.0 Å². The fourth-order valence-corrected chi connectivity index (χ4v) is 4.53. The van der Waals surface area contributed by atoms with Gasteiger partial charge >= 0.3 is 0 Å². The summed E-state index contributed by atoms with van der Waals surface area (Å²) in [5.74, 6) is 1.10. The summed E-state index contributed by atoms with van der Waals surface area (Å²) in [6, 6.07) is 11.2. The summed E-state index contributed by atoms with van der Waals surface area (Å²) in [7, 11) is 0. The number of rotatable bonds is 4. The Bertz CT molecular complexity index is 992. The molecule has 1 aliphatic rings. The molecule has 2 aromatic carbocycles. The third-order valence-electron chi connectivity index (χ3n) is 5.61. The van der Waals surface area contributed by atoms with E-state index >= 15 is 0 Å². The summed E-state index contributed by atoms with van der Waals surface area (Å²) in [4.78, 5) is 12.7. The molecular formula is C21H23Cl3N4O. The normalized spacial score (nSPS) is 19.0. The van der Waals surface area contributed by atoms with E-state index < -0.39 is 0 Å². The maximum Gasteiger partial charge on any atom is 0.228 e. The molecule has 1 fully saturated rings. The minimum Gasteiger partial charge on any atom is -0.330 e. The summed E-state index contributed by atoms with van der Waals surface area (Å²) < 4.78 is 0. The summed E-state index contributed by atoms with van der Waals surface area (Å²) in [6.07, 6.45) is 3.75. The van der Waals surface area contributed by atoms with Crippen molar-refractivity contribution in [1.82, 2.24) is 10.2 Å². The van der Waals surface area contributed by atoms with Crippen molar-refractivity contribution >= 4 is 58.2 Å². The van der Waals surface area contributed by atoms with Gasteiger partial charge in [-0.1, -0.05) is 35.3 Å². The van der Waals surface area contributed by atoms with Crippen LogP contribution in [0.4, 0.5) is 5.82 Å². The first-order valence-electron chi connectivity index (χ1n) is 9.50. The molecule has 4 N–H and O–H groups in total. The zero-order valence-electron chi connectivity index (χ0n) is 15.8. The van der Waals surface area contributed by atoms with E-state index in [2.05, 4.69) is 15.5 Å². The van der Waals surface area contributed by atoms with Gasteiger partial charge in [0, 0.05) is 26.9 Å². The maximum absolute atomic E-state index is 12.7. The maximum atomic E-state index is 12.7. The fraction of sp³-hybridized carbons (Fsp3) is 0.333. The van der Waals surface area contributed by atoms with Crippen LogP contribution in [-0.2, 0) is 4.79 Å². The van der Waals surface area contributed by atoms with Gasteiger partial charge in [-0.05, 0) is 68.0 Å². The average Bonchev–Trinajstić information content (AvgIpc) is 3.10. The lowest BCUT2D eigenvalue weighted by molar-refractivity contribution is -0.121. The summed E-state index contributed by atoms with van der Waals surface area (Å²) in [5, 5.41) is 12.3. The van der Waals surface area contributed by atoms with Crippen molar-refractivity contribution in [2.75, 3.05) is 11.9 Å². The predicted molar refractivity (Wildman–Crippen MR) is 122 cm³/mol.